The molecule has 46 heavy (non-hydrogen) atoms. The highest BCUT2D eigenvalue weighted by Gasteiger charge is 2.20. The maximum absolute atomic E-state index is 9.57. The third-order valence-corrected chi connectivity index (χ3v) is 8.91. The van der Waals surface area contributed by atoms with E-state index >= 15 is 0 Å². The summed E-state index contributed by atoms with van der Waals surface area (Å²) >= 11 is 0. The molecule has 0 fully saturated rings. The number of hydrogen-bond donors (Lipinski definition) is 0. The molecule has 10 rings (SSSR count). The van der Waals surface area contributed by atoms with Crippen LogP contribution in [0.5, 0.6) is 0 Å². The van der Waals surface area contributed by atoms with Gasteiger partial charge < -0.3 is 0 Å². The highest BCUT2D eigenvalue weighted by Crippen LogP contribution is 2.48. The first-order valence-corrected chi connectivity index (χ1v) is 14.8. The van der Waals surface area contributed by atoms with Gasteiger partial charge in [0.25, 0.3) is 0 Å². The summed E-state index contributed by atoms with van der Waals surface area (Å²) in [6.45, 7) is 0. The Kier molecular flexibility index (Phi) is 3.15. The monoisotopic (exact) mass is 595 g/mol. The van der Waals surface area contributed by atoms with E-state index in [2.05, 4.69) is 0 Å². The SMILES string of the molecule is [2H]c1c([2H])c([2H])c(-c2ccc3ccc4cc(-c5c6c([2H])c([2H])c([2H])c([2H])c6c(-c6ccccc6)c6c([2H])c([2H])c7c([2H])c([2H])c([2H])c([2H])c7c56)cc5ccc2c3c45)c([2H])c1[2H]. The predicted molar refractivity (Wildman–Crippen MR) is 199 cm³/mol. The molecule has 0 aliphatic heterocycles. The fourth-order valence-electron chi connectivity index (χ4n) is 7.03. The van der Waals surface area contributed by atoms with Crippen LogP contribution in [0, 0.1) is 0 Å². The Bertz CT molecular complexity index is 3590. The first-order valence-electron chi connectivity index (χ1n) is 22.3. The summed E-state index contributed by atoms with van der Waals surface area (Å²) < 4.78 is 133. The normalized spacial score (nSPS) is 16.5. The molecule has 0 bridgehead atoms. The molecule has 0 aliphatic carbocycles. The van der Waals surface area contributed by atoms with Crippen molar-refractivity contribution in [3.63, 3.8) is 0 Å². The van der Waals surface area contributed by atoms with Crippen LogP contribution < -0.4 is 0 Å². The lowest BCUT2D eigenvalue weighted by atomic mass is 9.82. The Morgan fingerprint density at radius 3 is 1.78 bits per heavy atom. The average Bonchev–Trinajstić information content (AvgIpc) is 3.27. The van der Waals surface area contributed by atoms with Gasteiger partial charge in [0.15, 0.2) is 0 Å². The summed E-state index contributed by atoms with van der Waals surface area (Å²) in [6, 6.07) is 16.5. The molecule has 0 heterocycles. The van der Waals surface area contributed by atoms with Crippen molar-refractivity contribution < 1.29 is 20.6 Å². The molecule has 0 N–H and O–H groups in total. The summed E-state index contributed by atoms with van der Waals surface area (Å²) in [5, 5.41) is 4.46. The Balaban J connectivity index is 1.44. The van der Waals surface area contributed by atoms with E-state index in [1.54, 1.807) is 36.4 Å². The minimum atomic E-state index is -0.580. The van der Waals surface area contributed by atoms with Gasteiger partial charge >= 0.3 is 0 Å². The van der Waals surface area contributed by atoms with E-state index in [9.17, 15) is 6.85 Å². The number of hydrogen-bond acceptors (Lipinski definition) is 0. The molecule has 0 amide bonds. The van der Waals surface area contributed by atoms with E-state index in [4.69, 9.17) is 13.7 Å². The van der Waals surface area contributed by atoms with Gasteiger partial charge in [-0.05, 0) is 110 Å². The molecule has 10 aromatic carbocycles. The largest absolute Gasteiger partial charge is 0.0630 e. The number of fused-ring (bicyclic) bond motifs is 4. The van der Waals surface area contributed by atoms with E-state index < -0.39 is 66.5 Å². The molecule has 0 saturated heterocycles. The summed E-state index contributed by atoms with van der Waals surface area (Å²) in [7, 11) is 0. The molecule has 0 aliphatic rings. The van der Waals surface area contributed by atoms with Crippen LogP contribution >= 0.6 is 0 Å². The lowest BCUT2D eigenvalue weighted by molar-refractivity contribution is 1.66. The second-order valence-corrected chi connectivity index (χ2v) is 11.3. The molecule has 0 spiro atoms. The van der Waals surface area contributed by atoms with Crippen molar-refractivity contribution in [1.82, 2.24) is 0 Å². The fourth-order valence-corrected chi connectivity index (χ4v) is 7.03. The molecule has 0 atom stereocenters. The molecule has 0 radical (unpaired) electrons. The van der Waals surface area contributed by atoms with Crippen LogP contribution in [0.15, 0.2) is 169 Å². The van der Waals surface area contributed by atoms with Crippen LogP contribution in [0.1, 0.15) is 20.6 Å². The standard InChI is InChI=1S/C46H28/c1-3-11-29(12-4-1)36-24-22-32-19-20-33-27-35(28-34-23-25-40(36)44(32)42(33)34)45-39-18-10-9-17-38(39)43(31-14-5-2-6-15-31)41-26-21-30-13-7-8-16-37(30)46(41)45/h1-28H/i1D,3D,4D,7D,8D,9D,10D,11D,12D,13D,16D,17D,18D,21D,26D. The van der Waals surface area contributed by atoms with Crippen molar-refractivity contribution in [2.45, 2.75) is 0 Å². The van der Waals surface area contributed by atoms with E-state index in [0.29, 0.717) is 32.8 Å². The Morgan fingerprint density at radius 2 is 0.978 bits per heavy atom. The van der Waals surface area contributed by atoms with Crippen LogP contribution in [-0.2, 0) is 0 Å². The molecule has 10 aromatic rings. The molecule has 0 saturated carbocycles. The molecule has 212 valence electrons. The van der Waals surface area contributed by atoms with Gasteiger partial charge in [-0.15, -0.1) is 0 Å². The lowest BCUT2D eigenvalue weighted by Gasteiger charge is -2.20. The predicted octanol–water partition coefficient (Wildman–Crippen LogP) is 13.0. The van der Waals surface area contributed by atoms with E-state index in [-0.39, 0.29) is 73.2 Å². The first kappa shape index (κ1) is 14.9. The zero-order chi connectivity index (χ0) is 43.2. The smallest absolute Gasteiger partial charge is 0.0622 e. The van der Waals surface area contributed by atoms with Crippen molar-refractivity contribution in [2.75, 3.05) is 0 Å². The van der Waals surface area contributed by atoms with Gasteiger partial charge in [0.2, 0.25) is 0 Å². The Hall–Kier alpha value is -5.98. The van der Waals surface area contributed by atoms with Crippen molar-refractivity contribution in [3.05, 3.63) is 169 Å². The zero-order valence-electron chi connectivity index (χ0n) is 39.0. The van der Waals surface area contributed by atoms with Crippen LogP contribution in [0.25, 0.3) is 98.0 Å². The van der Waals surface area contributed by atoms with Crippen molar-refractivity contribution in [1.29, 1.82) is 0 Å². The minimum absolute atomic E-state index is 0.0585. The molecule has 0 unspecified atom stereocenters. The fraction of sp³-hybridized carbons (Fsp3) is 0. The second-order valence-electron chi connectivity index (χ2n) is 11.3. The van der Waals surface area contributed by atoms with Gasteiger partial charge in [-0.2, -0.15) is 0 Å². The van der Waals surface area contributed by atoms with Crippen LogP contribution in [-0.4, -0.2) is 0 Å². The van der Waals surface area contributed by atoms with E-state index in [1.165, 1.54) is 0 Å². The highest BCUT2D eigenvalue weighted by atomic mass is 14.2. The quantitative estimate of drug-likeness (QED) is 0.141. The van der Waals surface area contributed by atoms with Gasteiger partial charge in [-0.25, -0.2) is 0 Å². The van der Waals surface area contributed by atoms with Crippen molar-refractivity contribution in [2.24, 2.45) is 0 Å². The van der Waals surface area contributed by atoms with Gasteiger partial charge in [0.05, 0.1) is 20.6 Å². The van der Waals surface area contributed by atoms with Gasteiger partial charge in [0.1, 0.15) is 0 Å². The first-order chi connectivity index (χ1) is 29.1. The molecule has 0 heteroatoms. The van der Waals surface area contributed by atoms with E-state index in [0.717, 1.165) is 16.2 Å². The summed E-state index contributed by atoms with van der Waals surface area (Å²) in [6.07, 6.45) is 0. The van der Waals surface area contributed by atoms with Gasteiger partial charge in [-0.3, -0.25) is 0 Å². The maximum Gasteiger partial charge on any atom is 0.0630 e. The van der Waals surface area contributed by atoms with Crippen LogP contribution in [0.3, 0.4) is 0 Å². The molecule has 0 nitrogen and oxygen atoms in total. The summed E-state index contributed by atoms with van der Waals surface area (Å²) in [4.78, 5) is 0. The summed E-state index contributed by atoms with van der Waals surface area (Å²) in [5.41, 5.74) is 1.83. The maximum atomic E-state index is 9.57. The van der Waals surface area contributed by atoms with Gasteiger partial charge in [-0.1, -0.05) is 157 Å². The molecule has 0 aromatic heterocycles. The highest BCUT2D eigenvalue weighted by molar-refractivity contribution is 6.30. The van der Waals surface area contributed by atoms with Crippen LogP contribution in [0.2, 0.25) is 0 Å². The number of benzene rings is 10. The molecular formula is C46H28. The third-order valence-electron chi connectivity index (χ3n) is 8.91. The average molecular weight is 596 g/mol. The third kappa shape index (κ3) is 3.62. The Labute approximate surface area is 288 Å². The minimum Gasteiger partial charge on any atom is -0.0622 e. The molecular weight excluding hydrogens is 553 g/mol. The summed E-state index contributed by atoms with van der Waals surface area (Å²) in [5.74, 6) is 0. The number of rotatable bonds is 3. The van der Waals surface area contributed by atoms with Gasteiger partial charge in [0, 0.05) is 0 Å². The topological polar surface area (TPSA) is 0 Å². The Morgan fingerprint density at radius 1 is 0.326 bits per heavy atom. The van der Waals surface area contributed by atoms with Crippen LogP contribution in [0.4, 0.5) is 0 Å². The zero-order valence-corrected chi connectivity index (χ0v) is 24.0. The second kappa shape index (κ2) is 9.76. The van der Waals surface area contributed by atoms with E-state index in [1.807, 2.05) is 42.5 Å². The lowest BCUT2D eigenvalue weighted by Crippen LogP contribution is -1.93. The van der Waals surface area contributed by atoms with Crippen molar-refractivity contribution in [3.8, 4) is 33.4 Å². The van der Waals surface area contributed by atoms with Crippen molar-refractivity contribution >= 4 is 64.6 Å².